The Morgan fingerprint density at radius 1 is 1.29 bits per heavy atom. The summed E-state index contributed by atoms with van der Waals surface area (Å²) in [5.74, 6) is 0.731. The Morgan fingerprint density at radius 3 is 2.58 bits per heavy atom. The lowest BCUT2D eigenvalue weighted by molar-refractivity contribution is -0.115. The molecule has 2 heterocycles. The van der Waals surface area contributed by atoms with Crippen molar-refractivity contribution in [2.24, 2.45) is 0 Å². The lowest BCUT2D eigenvalue weighted by atomic mass is 10.2. The zero-order chi connectivity index (χ0) is 17.3. The van der Waals surface area contributed by atoms with Crippen molar-refractivity contribution >= 4 is 40.3 Å². The highest BCUT2D eigenvalue weighted by Crippen LogP contribution is 2.29. The standard InChI is InChI=1S/C18H18N2O2S2/c1-4-22-15-7-5-14(6-8-15)20-11(2)9-13(12(20)3)10-16-17(21)19-18(23)24-16/h5-10H,4H2,1-3H3,(H,19,21,23)/b16-10-. The van der Waals surface area contributed by atoms with Gasteiger partial charge in [0.1, 0.15) is 10.1 Å². The predicted molar refractivity (Wildman–Crippen MR) is 103 cm³/mol. The number of ether oxygens (including phenoxy) is 1. The number of aryl methyl sites for hydroxylation is 1. The zero-order valence-electron chi connectivity index (χ0n) is 13.8. The zero-order valence-corrected chi connectivity index (χ0v) is 15.4. The highest BCUT2D eigenvalue weighted by Gasteiger charge is 2.23. The topological polar surface area (TPSA) is 43.3 Å². The number of benzene rings is 1. The van der Waals surface area contributed by atoms with Gasteiger partial charge in [-0.3, -0.25) is 4.79 Å². The maximum Gasteiger partial charge on any atom is 0.263 e. The monoisotopic (exact) mass is 358 g/mol. The average molecular weight is 358 g/mol. The molecule has 0 unspecified atom stereocenters. The highest BCUT2D eigenvalue weighted by molar-refractivity contribution is 8.26. The first-order valence-electron chi connectivity index (χ1n) is 7.66. The number of hydrogen-bond donors (Lipinski definition) is 1. The Hall–Kier alpha value is -2.05. The van der Waals surface area contributed by atoms with Gasteiger partial charge in [0.15, 0.2) is 0 Å². The fourth-order valence-corrected chi connectivity index (χ4v) is 3.79. The molecule has 1 N–H and O–H groups in total. The van der Waals surface area contributed by atoms with Gasteiger partial charge in [-0.05, 0) is 62.7 Å². The summed E-state index contributed by atoms with van der Waals surface area (Å²) >= 11 is 6.34. The number of nitrogens with zero attached hydrogens (tertiary/aromatic N) is 1. The third kappa shape index (κ3) is 3.25. The number of amides is 1. The van der Waals surface area contributed by atoms with E-state index in [4.69, 9.17) is 17.0 Å². The summed E-state index contributed by atoms with van der Waals surface area (Å²) in [6.07, 6.45) is 1.90. The van der Waals surface area contributed by atoms with Crippen LogP contribution in [0.4, 0.5) is 0 Å². The van der Waals surface area contributed by atoms with Crippen LogP contribution in [0.3, 0.4) is 0 Å². The lowest BCUT2D eigenvalue weighted by Gasteiger charge is -2.11. The van der Waals surface area contributed by atoms with Crippen molar-refractivity contribution < 1.29 is 9.53 Å². The first-order chi connectivity index (χ1) is 11.5. The first kappa shape index (κ1) is 16.8. The van der Waals surface area contributed by atoms with Gasteiger partial charge in [-0.2, -0.15) is 0 Å². The molecule has 124 valence electrons. The van der Waals surface area contributed by atoms with Crippen LogP contribution in [0.2, 0.25) is 0 Å². The van der Waals surface area contributed by atoms with E-state index in [0.717, 1.165) is 28.4 Å². The van der Waals surface area contributed by atoms with Crippen LogP contribution in [0.1, 0.15) is 23.9 Å². The highest BCUT2D eigenvalue weighted by atomic mass is 32.2. The Bertz CT molecular complexity index is 835. The molecule has 0 spiro atoms. The first-order valence-corrected chi connectivity index (χ1v) is 8.89. The number of carbonyl (C=O) groups is 1. The smallest absolute Gasteiger partial charge is 0.263 e. The second-order valence-corrected chi connectivity index (χ2v) is 7.16. The summed E-state index contributed by atoms with van der Waals surface area (Å²) in [5.41, 5.74) is 4.27. The Balaban J connectivity index is 1.96. The third-order valence-corrected chi connectivity index (χ3v) is 4.97. The van der Waals surface area contributed by atoms with E-state index in [-0.39, 0.29) is 5.91 Å². The van der Waals surface area contributed by atoms with E-state index in [1.165, 1.54) is 11.8 Å². The molecule has 1 aliphatic heterocycles. The summed E-state index contributed by atoms with van der Waals surface area (Å²) in [4.78, 5) is 12.5. The van der Waals surface area contributed by atoms with Crippen LogP contribution in [0.25, 0.3) is 11.8 Å². The molecule has 2 aromatic rings. The van der Waals surface area contributed by atoms with Gasteiger partial charge in [0, 0.05) is 17.1 Å². The van der Waals surface area contributed by atoms with Crippen LogP contribution in [0, 0.1) is 13.8 Å². The van der Waals surface area contributed by atoms with Crippen molar-refractivity contribution in [1.29, 1.82) is 0 Å². The molecule has 1 aliphatic rings. The number of thiocarbonyl (C=S) groups is 1. The fraction of sp³-hybridized carbons (Fsp3) is 0.222. The molecule has 0 saturated carbocycles. The molecule has 0 atom stereocenters. The van der Waals surface area contributed by atoms with Gasteiger partial charge >= 0.3 is 0 Å². The lowest BCUT2D eigenvalue weighted by Crippen LogP contribution is -2.17. The van der Waals surface area contributed by atoms with Crippen molar-refractivity contribution in [3.05, 3.63) is 52.2 Å². The maximum atomic E-state index is 11.9. The molecule has 4 nitrogen and oxygen atoms in total. The van der Waals surface area contributed by atoms with E-state index in [0.29, 0.717) is 15.8 Å². The van der Waals surface area contributed by atoms with E-state index in [1.807, 2.05) is 44.2 Å². The Kier molecular flexibility index (Phi) is 4.78. The van der Waals surface area contributed by atoms with Gasteiger partial charge in [0.2, 0.25) is 0 Å². The summed E-state index contributed by atoms with van der Waals surface area (Å²) in [7, 11) is 0. The van der Waals surface area contributed by atoms with Crippen LogP contribution in [0.15, 0.2) is 35.2 Å². The molecular weight excluding hydrogens is 340 g/mol. The predicted octanol–water partition coefficient (Wildman–Crippen LogP) is 3.98. The SMILES string of the molecule is CCOc1ccc(-n2c(C)cc(/C=C3\SC(=S)NC3=O)c2C)cc1. The van der Waals surface area contributed by atoms with Crippen LogP contribution in [-0.4, -0.2) is 21.4 Å². The quantitative estimate of drug-likeness (QED) is 0.663. The molecule has 3 rings (SSSR count). The largest absolute Gasteiger partial charge is 0.494 e. The fourth-order valence-electron chi connectivity index (χ4n) is 2.75. The molecule has 1 aromatic carbocycles. The Morgan fingerprint density at radius 2 is 2.00 bits per heavy atom. The van der Waals surface area contributed by atoms with Crippen LogP contribution >= 0.6 is 24.0 Å². The van der Waals surface area contributed by atoms with Gasteiger partial charge in [0.05, 0.1) is 11.5 Å². The second-order valence-electron chi connectivity index (χ2n) is 5.44. The normalized spacial score (nSPS) is 15.9. The van der Waals surface area contributed by atoms with Gasteiger partial charge < -0.3 is 14.6 Å². The van der Waals surface area contributed by atoms with Crippen LogP contribution in [-0.2, 0) is 4.79 Å². The summed E-state index contributed by atoms with van der Waals surface area (Å²) in [6.45, 7) is 6.72. The van der Waals surface area contributed by atoms with Gasteiger partial charge in [-0.15, -0.1) is 0 Å². The summed E-state index contributed by atoms with van der Waals surface area (Å²) < 4.78 is 8.17. The van der Waals surface area contributed by atoms with E-state index in [2.05, 4.69) is 22.9 Å². The minimum Gasteiger partial charge on any atom is -0.494 e. The summed E-state index contributed by atoms with van der Waals surface area (Å²) in [6, 6.07) is 10.1. The number of aromatic nitrogens is 1. The maximum absolute atomic E-state index is 11.9. The molecule has 0 radical (unpaired) electrons. The summed E-state index contributed by atoms with van der Waals surface area (Å²) in [5, 5.41) is 2.64. The van der Waals surface area contributed by atoms with E-state index in [9.17, 15) is 4.79 Å². The number of thioether (sulfide) groups is 1. The van der Waals surface area contributed by atoms with Crippen molar-refractivity contribution in [3.8, 4) is 11.4 Å². The van der Waals surface area contributed by atoms with E-state index in [1.54, 1.807) is 0 Å². The van der Waals surface area contributed by atoms with Crippen LogP contribution in [0.5, 0.6) is 5.75 Å². The molecule has 1 aromatic heterocycles. The molecule has 24 heavy (non-hydrogen) atoms. The third-order valence-electron chi connectivity index (χ3n) is 3.80. The van der Waals surface area contributed by atoms with Crippen molar-refractivity contribution in [1.82, 2.24) is 9.88 Å². The number of carbonyl (C=O) groups excluding carboxylic acids is 1. The minimum atomic E-state index is -0.129. The van der Waals surface area contributed by atoms with Gasteiger partial charge in [-0.25, -0.2) is 0 Å². The molecular formula is C18H18N2O2S2. The van der Waals surface area contributed by atoms with Crippen molar-refractivity contribution in [2.45, 2.75) is 20.8 Å². The van der Waals surface area contributed by atoms with E-state index < -0.39 is 0 Å². The number of hydrogen-bond acceptors (Lipinski definition) is 4. The average Bonchev–Trinajstić information content (AvgIpc) is 3.00. The van der Waals surface area contributed by atoms with Gasteiger partial charge in [-0.1, -0.05) is 24.0 Å². The molecule has 6 heteroatoms. The second kappa shape index (κ2) is 6.83. The number of nitrogens with one attached hydrogen (secondary N) is 1. The molecule has 1 saturated heterocycles. The molecule has 1 amide bonds. The van der Waals surface area contributed by atoms with Crippen LogP contribution < -0.4 is 10.1 Å². The van der Waals surface area contributed by atoms with E-state index >= 15 is 0 Å². The Labute approximate surface area is 150 Å². The minimum absolute atomic E-state index is 0.129. The molecule has 1 fully saturated rings. The van der Waals surface area contributed by atoms with Crippen molar-refractivity contribution in [2.75, 3.05) is 6.61 Å². The number of rotatable bonds is 4. The molecule has 0 aliphatic carbocycles. The van der Waals surface area contributed by atoms with Crippen molar-refractivity contribution in [3.63, 3.8) is 0 Å². The van der Waals surface area contributed by atoms with Gasteiger partial charge in [0.25, 0.3) is 5.91 Å². The molecule has 0 bridgehead atoms.